The van der Waals surface area contributed by atoms with Crippen molar-refractivity contribution in [2.75, 3.05) is 13.2 Å². The first kappa shape index (κ1) is 18.8. The summed E-state index contributed by atoms with van der Waals surface area (Å²) in [6, 6.07) is 17.7. The number of benzene rings is 2. The second-order valence-electron chi connectivity index (χ2n) is 5.68. The minimum Gasteiger partial charge on any atom is -0.492 e. The van der Waals surface area contributed by atoms with Crippen molar-refractivity contribution in [3.63, 3.8) is 0 Å². The van der Waals surface area contributed by atoms with Gasteiger partial charge < -0.3 is 10.1 Å². The molecule has 5 nitrogen and oxygen atoms in total. The first-order chi connectivity index (χ1) is 13.1. The van der Waals surface area contributed by atoms with E-state index in [9.17, 15) is 9.59 Å². The molecule has 0 aliphatic carbocycles. The van der Waals surface area contributed by atoms with Crippen molar-refractivity contribution in [3.8, 4) is 5.75 Å². The summed E-state index contributed by atoms with van der Waals surface area (Å²) in [5.41, 5.74) is 1.70. The molecule has 0 bridgehead atoms. The summed E-state index contributed by atoms with van der Waals surface area (Å²) in [5.74, 6) is 0.383. The molecule has 0 aliphatic rings. The lowest BCUT2D eigenvalue weighted by atomic mass is 10.0. The van der Waals surface area contributed by atoms with E-state index in [1.807, 2.05) is 18.2 Å². The van der Waals surface area contributed by atoms with Crippen LogP contribution in [0.25, 0.3) is 0 Å². The molecule has 1 N–H and O–H groups in total. The van der Waals surface area contributed by atoms with Gasteiger partial charge >= 0.3 is 0 Å². The first-order valence-corrected chi connectivity index (χ1v) is 9.15. The van der Waals surface area contributed by atoms with Gasteiger partial charge in [0.2, 0.25) is 0 Å². The number of pyridine rings is 1. The Hall–Kier alpha value is -2.99. The number of hydrogen-bond donors (Lipinski definition) is 1. The summed E-state index contributed by atoms with van der Waals surface area (Å²) in [6.45, 7) is 0.689. The molecule has 3 rings (SSSR count). The van der Waals surface area contributed by atoms with Gasteiger partial charge in [0.1, 0.15) is 12.4 Å². The van der Waals surface area contributed by atoms with E-state index in [0.29, 0.717) is 35.6 Å². The van der Waals surface area contributed by atoms with Crippen LogP contribution in [0.2, 0.25) is 0 Å². The molecule has 0 fully saturated rings. The molecule has 0 saturated carbocycles. The summed E-state index contributed by atoms with van der Waals surface area (Å²) in [5, 5.41) is 2.76. The van der Waals surface area contributed by atoms with Crippen molar-refractivity contribution in [3.05, 3.63) is 94.2 Å². The Bertz CT molecular complexity index is 928. The minimum absolute atomic E-state index is 0.0576. The molecule has 0 saturated heterocycles. The molecule has 1 amide bonds. The van der Waals surface area contributed by atoms with Gasteiger partial charge in [-0.2, -0.15) is 0 Å². The third-order valence-corrected chi connectivity index (χ3v) is 4.51. The van der Waals surface area contributed by atoms with Gasteiger partial charge in [-0.15, -0.1) is 0 Å². The van der Waals surface area contributed by atoms with Crippen molar-refractivity contribution in [1.29, 1.82) is 0 Å². The van der Waals surface area contributed by atoms with E-state index in [1.54, 1.807) is 48.7 Å². The molecule has 2 aromatic carbocycles. The molecular formula is C21H17BrN2O3. The van der Waals surface area contributed by atoms with Gasteiger partial charge in [-0.25, -0.2) is 0 Å². The number of ether oxygens (including phenoxy) is 1. The number of nitrogens with zero attached hydrogens (tertiary/aromatic N) is 1. The summed E-state index contributed by atoms with van der Waals surface area (Å²) in [4.78, 5) is 28.3. The number of aromatic nitrogens is 1. The predicted molar refractivity (Wildman–Crippen MR) is 106 cm³/mol. The Morgan fingerprint density at radius 2 is 1.74 bits per heavy atom. The molecule has 0 spiro atoms. The van der Waals surface area contributed by atoms with Crippen molar-refractivity contribution in [2.24, 2.45) is 0 Å². The SMILES string of the molecule is O=C(NCCOc1ccc(C(=O)c2ccccc2Br)cc1)c1cccnc1. The predicted octanol–water partition coefficient (Wildman–Crippen LogP) is 3.88. The monoisotopic (exact) mass is 424 g/mol. The van der Waals surface area contributed by atoms with E-state index in [4.69, 9.17) is 4.74 Å². The molecule has 0 atom stereocenters. The van der Waals surface area contributed by atoms with Crippen molar-refractivity contribution < 1.29 is 14.3 Å². The zero-order valence-electron chi connectivity index (χ0n) is 14.4. The lowest BCUT2D eigenvalue weighted by Crippen LogP contribution is -2.28. The summed E-state index contributed by atoms with van der Waals surface area (Å²) in [6.07, 6.45) is 3.13. The maximum Gasteiger partial charge on any atom is 0.252 e. The number of amides is 1. The topological polar surface area (TPSA) is 68.3 Å². The summed E-state index contributed by atoms with van der Waals surface area (Å²) in [7, 11) is 0. The quantitative estimate of drug-likeness (QED) is 0.461. The normalized spacial score (nSPS) is 10.3. The van der Waals surface area contributed by atoms with Gasteiger partial charge in [0.25, 0.3) is 5.91 Å². The van der Waals surface area contributed by atoms with Gasteiger partial charge in [-0.05, 0) is 48.5 Å². The van der Waals surface area contributed by atoms with Crippen LogP contribution in [-0.2, 0) is 0 Å². The highest BCUT2D eigenvalue weighted by molar-refractivity contribution is 9.10. The van der Waals surface area contributed by atoms with Crippen LogP contribution < -0.4 is 10.1 Å². The smallest absolute Gasteiger partial charge is 0.252 e. The molecule has 0 aliphatic heterocycles. The number of carbonyl (C=O) groups is 2. The Balaban J connectivity index is 1.50. The van der Waals surface area contributed by atoms with E-state index < -0.39 is 0 Å². The maximum absolute atomic E-state index is 12.5. The lowest BCUT2D eigenvalue weighted by Gasteiger charge is -2.09. The fraction of sp³-hybridized carbons (Fsp3) is 0.0952. The van der Waals surface area contributed by atoms with Crippen LogP contribution >= 0.6 is 15.9 Å². The standard InChI is InChI=1S/C21H17BrN2O3/c22-19-6-2-1-5-18(19)20(25)15-7-9-17(10-8-15)27-13-12-24-21(26)16-4-3-11-23-14-16/h1-11,14H,12-13H2,(H,24,26). The van der Waals surface area contributed by atoms with E-state index >= 15 is 0 Å². The van der Waals surface area contributed by atoms with Crippen LogP contribution in [-0.4, -0.2) is 29.8 Å². The Morgan fingerprint density at radius 3 is 2.44 bits per heavy atom. The second-order valence-corrected chi connectivity index (χ2v) is 6.53. The number of halogens is 1. The molecule has 27 heavy (non-hydrogen) atoms. The van der Waals surface area contributed by atoms with Gasteiger partial charge in [0.15, 0.2) is 5.78 Å². The third kappa shape index (κ3) is 5.01. The zero-order valence-corrected chi connectivity index (χ0v) is 16.0. The minimum atomic E-state index is -0.193. The molecule has 0 unspecified atom stereocenters. The summed E-state index contributed by atoms with van der Waals surface area (Å²) < 4.78 is 6.37. The van der Waals surface area contributed by atoms with Crippen molar-refractivity contribution >= 4 is 27.6 Å². The van der Waals surface area contributed by atoms with Crippen LogP contribution in [0.15, 0.2) is 77.5 Å². The molecule has 6 heteroatoms. The largest absolute Gasteiger partial charge is 0.492 e. The van der Waals surface area contributed by atoms with Crippen LogP contribution in [0.4, 0.5) is 0 Å². The number of hydrogen-bond acceptors (Lipinski definition) is 4. The van der Waals surface area contributed by atoms with E-state index in [-0.39, 0.29) is 11.7 Å². The summed E-state index contributed by atoms with van der Waals surface area (Å²) >= 11 is 3.40. The van der Waals surface area contributed by atoms with Crippen LogP contribution in [0.3, 0.4) is 0 Å². The van der Waals surface area contributed by atoms with Crippen LogP contribution in [0, 0.1) is 0 Å². The van der Waals surface area contributed by atoms with E-state index in [0.717, 1.165) is 4.47 Å². The maximum atomic E-state index is 12.5. The lowest BCUT2D eigenvalue weighted by molar-refractivity contribution is 0.0946. The third-order valence-electron chi connectivity index (χ3n) is 3.82. The Morgan fingerprint density at radius 1 is 0.963 bits per heavy atom. The number of nitrogens with one attached hydrogen (secondary N) is 1. The molecule has 3 aromatic rings. The fourth-order valence-electron chi connectivity index (χ4n) is 2.44. The number of ketones is 1. The first-order valence-electron chi connectivity index (χ1n) is 8.35. The highest BCUT2D eigenvalue weighted by Crippen LogP contribution is 2.21. The zero-order chi connectivity index (χ0) is 19.1. The highest BCUT2D eigenvalue weighted by Gasteiger charge is 2.12. The van der Waals surface area contributed by atoms with Gasteiger partial charge in [0, 0.05) is 28.0 Å². The molecule has 1 aromatic heterocycles. The molecule has 0 radical (unpaired) electrons. The highest BCUT2D eigenvalue weighted by atomic mass is 79.9. The van der Waals surface area contributed by atoms with Gasteiger partial charge in [0.05, 0.1) is 12.1 Å². The number of rotatable bonds is 7. The molecule has 136 valence electrons. The fourth-order valence-corrected chi connectivity index (χ4v) is 2.90. The molecular weight excluding hydrogens is 408 g/mol. The van der Waals surface area contributed by atoms with Gasteiger partial charge in [-0.1, -0.05) is 28.1 Å². The second kappa shape index (κ2) is 9.09. The van der Waals surface area contributed by atoms with Crippen LogP contribution in [0.5, 0.6) is 5.75 Å². The Kier molecular flexibility index (Phi) is 6.33. The van der Waals surface area contributed by atoms with E-state index in [2.05, 4.69) is 26.2 Å². The number of carbonyl (C=O) groups excluding carboxylic acids is 2. The average Bonchev–Trinajstić information content (AvgIpc) is 2.72. The average molecular weight is 425 g/mol. The van der Waals surface area contributed by atoms with Crippen molar-refractivity contribution in [2.45, 2.75) is 0 Å². The van der Waals surface area contributed by atoms with Crippen molar-refractivity contribution in [1.82, 2.24) is 10.3 Å². The Labute approximate surface area is 165 Å². The van der Waals surface area contributed by atoms with E-state index in [1.165, 1.54) is 6.20 Å². The van der Waals surface area contributed by atoms with Crippen LogP contribution in [0.1, 0.15) is 26.3 Å². The van der Waals surface area contributed by atoms with Gasteiger partial charge in [-0.3, -0.25) is 14.6 Å². The molecule has 1 heterocycles.